The van der Waals surface area contributed by atoms with Crippen molar-refractivity contribution < 1.29 is 23.9 Å². The minimum atomic E-state index is -4.31. The highest BCUT2D eigenvalue weighted by Crippen LogP contribution is 2.54. The first-order valence-electron chi connectivity index (χ1n) is 6.02. The molecule has 6 heteroatoms. The van der Waals surface area contributed by atoms with E-state index in [4.69, 9.17) is 4.74 Å². The van der Waals surface area contributed by atoms with Crippen LogP contribution in [0.4, 0.5) is 0 Å². The first kappa shape index (κ1) is 16.6. The molecular weight excluding hydrogens is 243 g/mol. The van der Waals surface area contributed by atoms with E-state index >= 15 is 0 Å². The quantitative estimate of drug-likeness (QED) is 0.545. The average Bonchev–Trinajstić information content (AvgIpc) is 2.24. The monoisotopic (exact) mass is 266 g/mol. The molecule has 5 nitrogen and oxygen atoms in total. The maximum absolute atomic E-state index is 12.0. The molecule has 0 aliphatic rings. The maximum atomic E-state index is 12.0. The van der Waals surface area contributed by atoms with Crippen molar-refractivity contribution >= 4 is 13.6 Å². The number of rotatable bonds is 7. The molecule has 0 spiro atoms. The Hall–Kier alpha value is -0.380. The summed E-state index contributed by atoms with van der Waals surface area (Å²) in [5, 5.41) is 0. The zero-order chi connectivity index (χ0) is 13.7. The van der Waals surface area contributed by atoms with Gasteiger partial charge in [0.1, 0.15) is 0 Å². The lowest BCUT2D eigenvalue weighted by Crippen LogP contribution is -2.42. The van der Waals surface area contributed by atoms with Crippen molar-refractivity contribution in [2.24, 2.45) is 5.41 Å². The molecule has 0 aromatic heterocycles. The van der Waals surface area contributed by atoms with Gasteiger partial charge in [-0.1, -0.05) is 20.8 Å². The maximum Gasteiger partial charge on any atom is 0.329 e. The molecule has 0 aromatic carbocycles. The van der Waals surface area contributed by atoms with E-state index in [2.05, 4.69) is 0 Å². The van der Waals surface area contributed by atoms with Gasteiger partial charge in [-0.3, -0.25) is 9.36 Å². The van der Waals surface area contributed by atoms with Crippen LogP contribution in [0.2, 0.25) is 0 Å². The highest BCUT2D eigenvalue weighted by molar-refractivity contribution is 7.52. The minimum Gasteiger partial charge on any atom is -0.466 e. The van der Waals surface area contributed by atoms with E-state index in [0.29, 0.717) is 12.8 Å². The Kier molecular flexibility index (Phi) is 6.38. The van der Waals surface area contributed by atoms with Crippen molar-refractivity contribution in [3.63, 3.8) is 0 Å². The van der Waals surface area contributed by atoms with E-state index in [1.807, 2.05) is 0 Å². The third-order valence-electron chi connectivity index (χ3n) is 3.37. The lowest BCUT2D eigenvalue weighted by atomic mass is 9.78. The lowest BCUT2D eigenvalue weighted by Gasteiger charge is -2.36. The SMILES string of the molecule is CCOC(=O)C(CC)(CC)C(CC)P(=O)(O)O. The molecule has 102 valence electrons. The number of hydrogen-bond acceptors (Lipinski definition) is 3. The number of hydrogen-bond donors (Lipinski definition) is 2. The molecule has 1 atom stereocenters. The number of ether oxygens (including phenoxy) is 1. The number of carbonyl (C=O) groups is 1. The highest BCUT2D eigenvalue weighted by atomic mass is 31.2. The Balaban J connectivity index is 5.44. The largest absolute Gasteiger partial charge is 0.466 e. The second kappa shape index (κ2) is 6.53. The summed E-state index contributed by atoms with van der Waals surface area (Å²) in [6.07, 6.45) is 0.989. The van der Waals surface area contributed by atoms with E-state index in [-0.39, 0.29) is 13.0 Å². The van der Waals surface area contributed by atoms with Crippen molar-refractivity contribution in [1.29, 1.82) is 0 Å². The van der Waals surface area contributed by atoms with Crippen LogP contribution < -0.4 is 0 Å². The molecule has 0 bridgehead atoms. The first-order chi connectivity index (χ1) is 7.80. The van der Waals surface area contributed by atoms with Crippen LogP contribution in [0.3, 0.4) is 0 Å². The highest BCUT2D eigenvalue weighted by Gasteiger charge is 2.50. The second-order valence-electron chi connectivity index (χ2n) is 4.10. The molecule has 2 N–H and O–H groups in total. The van der Waals surface area contributed by atoms with Crippen LogP contribution >= 0.6 is 7.60 Å². The fourth-order valence-corrected chi connectivity index (χ4v) is 3.96. The van der Waals surface area contributed by atoms with Crippen molar-refractivity contribution in [2.75, 3.05) is 6.61 Å². The molecule has 0 fully saturated rings. The molecule has 0 radical (unpaired) electrons. The van der Waals surface area contributed by atoms with Crippen LogP contribution in [0.5, 0.6) is 0 Å². The summed E-state index contributed by atoms with van der Waals surface area (Å²) >= 11 is 0. The van der Waals surface area contributed by atoms with Gasteiger partial charge in [-0.2, -0.15) is 0 Å². The summed E-state index contributed by atoms with van der Waals surface area (Å²) < 4.78 is 16.5. The molecule has 0 aliphatic carbocycles. The molecule has 0 amide bonds. The van der Waals surface area contributed by atoms with E-state index < -0.39 is 24.6 Å². The van der Waals surface area contributed by atoms with Gasteiger partial charge < -0.3 is 14.5 Å². The third-order valence-corrected chi connectivity index (χ3v) is 5.05. The molecule has 0 saturated carbocycles. The van der Waals surface area contributed by atoms with E-state index in [0.717, 1.165) is 0 Å². The van der Waals surface area contributed by atoms with Gasteiger partial charge in [0.2, 0.25) is 0 Å². The van der Waals surface area contributed by atoms with Crippen LogP contribution in [0, 0.1) is 5.41 Å². The van der Waals surface area contributed by atoms with Crippen molar-refractivity contribution in [3.05, 3.63) is 0 Å². The van der Waals surface area contributed by atoms with Gasteiger partial charge in [-0.25, -0.2) is 0 Å². The van der Waals surface area contributed by atoms with Crippen molar-refractivity contribution in [2.45, 2.75) is 52.6 Å². The molecule has 0 rings (SSSR count). The lowest BCUT2D eigenvalue weighted by molar-refractivity contribution is -0.156. The van der Waals surface area contributed by atoms with Gasteiger partial charge in [-0.05, 0) is 26.2 Å². The normalized spacial score (nSPS) is 14.5. The number of carbonyl (C=O) groups excluding carboxylic acids is 1. The molecular formula is C11H23O5P. The van der Waals surface area contributed by atoms with Crippen molar-refractivity contribution in [1.82, 2.24) is 0 Å². The zero-order valence-corrected chi connectivity index (χ0v) is 11.9. The molecule has 1 unspecified atom stereocenters. The topological polar surface area (TPSA) is 83.8 Å². The molecule has 0 aliphatic heterocycles. The molecule has 0 heterocycles. The smallest absolute Gasteiger partial charge is 0.329 e. The Bertz CT molecular complexity index is 292. The predicted octanol–water partition coefficient (Wildman–Crippen LogP) is 2.31. The first-order valence-corrected chi connectivity index (χ1v) is 7.70. The van der Waals surface area contributed by atoms with Crippen LogP contribution in [0.1, 0.15) is 47.0 Å². The van der Waals surface area contributed by atoms with Crippen LogP contribution in [-0.4, -0.2) is 28.0 Å². The molecule has 0 saturated heterocycles. The fourth-order valence-electron chi connectivity index (χ4n) is 2.37. The Morgan fingerprint density at radius 2 is 1.71 bits per heavy atom. The van der Waals surface area contributed by atoms with Crippen LogP contribution in [-0.2, 0) is 14.1 Å². The standard InChI is InChI=1S/C11H23O5P/c1-5-9(17(13,14)15)11(6-2,7-3)10(12)16-8-4/h9H,5-8H2,1-4H3,(H2,13,14,15). The van der Waals surface area contributed by atoms with Crippen LogP contribution in [0.25, 0.3) is 0 Å². The van der Waals surface area contributed by atoms with Gasteiger partial charge in [0.15, 0.2) is 0 Å². The van der Waals surface area contributed by atoms with Crippen molar-refractivity contribution in [3.8, 4) is 0 Å². The predicted molar refractivity (Wildman–Crippen MR) is 65.8 cm³/mol. The van der Waals surface area contributed by atoms with Gasteiger partial charge in [0.05, 0.1) is 17.7 Å². The number of esters is 1. The molecule has 0 aromatic rings. The van der Waals surface area contributed by atoms with Gasteiger partial charge in [0.25, 0.3) is 0 Å². The Morgan fingerprint density at radius 1 is 1.24 bits per heavy atom. The van der Waals surface area contributed by atoms with Gasteiger partial charge >= 0.3 is 13.6 Å². The summed E-state index contributed by atoms with van der Waals surface area (Å²) in [7, 11) is -4.31. The van der Waals surface area contributed by atoms with Gasteiger partial charge in [-0.15, -0.1) is 0 Å². The fraction of sp³-hybridized carbons (Fsp3) is 0.909. The van der Waals surface area contributed by atoms with E-state index in [1.54, 1.807) is 27.7 Å². The second-order valence-corrected chi connectivity index (χ2v) is 5.90. The summed E-state index contributed by atoms with van der Waals surface area (Å²) in [6.45, 7) is 7.12. The minimum absolute atomic E-state index is 0.220. The third kappa shape index (κ3) is 3.54. The summed E-state index contributed by atoms with van der Waals surface area (Å²) in [5.41, 5.74) is -2.05. The van der Waals surface area contributed by atoms with Gasteiger partial charge in [0, 0.05) is 0 Å². The average molecular weight is 266 g/mol. The molecule has 17 heavy (non-hydrogen) atoms. The summed E-state index contributed by atoms with van der Waals surface area (Å²) in [5.74, 6) is -0.500. The van der Waals surface area contributed by atoms with E-state index in [1.165, 1.54) is 0 Å². The summed E-state index contributed by atoms with van der Waals surface area (Å²) in [4.78, 5) is 30.8. The Morgan fingerprint density at radius 3 is 1.94 bits per heavy atom. The Labute approximate surface area is 103 Å². The van der Waals surface area contributed by atoms with Crippen LogP contribution in [0.15, 0.2) is 0 Å². The zero-order valence-electron chi connectivity index (χ0n) is 11.0. The summed E-state index contributed by atoms with van der Waals surface area (Å²) in [6, 6.07) is 0. The van der Waals surface area contributed by atoms with E-state index in [9.17, 15) is 19.1 Å².